The predicted molar refractivity (Wildman–Crippen MR) is 84.8 cm³/mol. The van der Waals surface area contributed by atoms with Gasteiger partial charge >= 0.3 is 5.91 Å². The molecule has 2 aromatic carbocycles. The second kappa shape index (κ2) is 4.46. The van der Waals surface area contributed by atoms with Gasteiger partial charge < -0.3 is 10.2 Å². The Morgan fingerprint density at radius 2 is 2.00 bits per heavy atom. The average molecular weight is 291 g/mol. The summed E-state index contributed by atoms with van der Waals surface area (Å²) in [6.45, 7) is 1.98. The molecule has 0 saturated heterocycles. The van der Waals surface area contributed by atoms with Crippen LogP contribution in [0.25, 0.3) is 22.0 Å². The monoisotopic (exact) mass is 291 g/mol. The molecule has 108 valence electrons. The number of benzene rings is 2. The molecule has 0 bridgehead atoms. The Morgan fingerprint density at radius 1 is 1.18 bits per heavy atom. The molecule has 2 N–H and O–H groups in total. The minimum Gasteiger partial charge on any atom is -0.451 e. The van der Waals surface area contributed by atoms with Crippen molar-refractivity contribution in [3.05, 3.63) is 59.9 Å². The molecule has 2 heterocycles. The van der Waals surface area contributed by atoms with E-state index in [1.807, 2.05) is 49.4 Å². The lowest BCUT2D eigenvalue weighted by Gasteiger charge is -2.01. The van der Waals surface area contributed by atoms with Crippen LogP contribution in [0.1, 0.15) is 16.1 Å². The fourth-order valence-electron chi connectivity index (χ4n) is 2.61. The highest BCUT2D eigenvalue weighted by Gasteiger charge is 2.20. The number of furan rings is 1. The minimum atomic E-state index is -0.319. The molecule has 0 amide bonds. The molecule has 0 fully saturated rings. The highest BCUT2D eigenvalue weighted by molar-refractivity contribution is 6.03. The molecule has 22 heavy (non-hydrogen) atoms. The molecule has 0 spiro atoms. The molecule has 0 atom stereocenters. The van der Waals surface area contributed by atoms with E-state index in [1.165, 1.54) is 4.57 Å². The van der Waals surface area contributed by atoms with Gasteiger partial charge in [0.15, 0.2) is 5.76 Å². The molecule has 0 radical (unpaired) electrons. The van der Waals surface area contributed by atoms with E-state index in [0.717, 1.165) is 10.9 Å². The van der Waals surface area contributed by atoms with Crippen molar-refractivity contribution in [2.45, 2.75) is 6.92 Å². The number of nitrogen functional groups attached to an aromatic ring is 1. The number of carbonyl (C=O) groups is 1. The van der Waals surface area contributed by atoms with Crippen LogP contribution in [0.2, 0.25) is 0 Å². The number of hydrogen-bond acceptors (Lipinski definition) is 4. The van der Waals surface area contributed by atoms with Gasteiger partial charge in [-0.25, -0.2) is 9.55 Å². The van der Waals surface area contributed by atoms with Crippen LogP contribution in [0.3, 0.4) is 0 Å². The van der Waals surface area contributed by atoms with E-state index in [2.05, 4.69) is 4.98 Å². The number of anilines is 1. The number of aryl methyl sites for hydroxylation is 1. The van der Waals surface area contributed by atoms with Crippen molar-refractivity contribution in [3.8, 4) is 0 Å². The van der Waals surface area contributed by atoms with Crippen LogP contribution in [0.4, 0.5) is 5.95 Å². The fraction of sp³-hybridized carbons (Fsp3) is 0.0588. The van der Waals surface area contributed by atoms with Crippen molar-refractivity contribution in [1.29, 1.82) is 0 Å². The summed E-state index contributed by atoms with van der Waals surface area (Å²) >= 11 is 0. The van der Waals surface area contributed by atoms with Crippen molar-refractivity contribution in [1.82, 2.24) is 9.55 Å². The van der Waals surface area contributed by atoms with Crippen LogP contribution < -0.4 is 5.73 Å². The molecule has 5 heteroatoms. The largest absolute Gasteiger partial charge is 0.451 e. The summed E-state index contributed by atoms with van der Waals surface area (Å²) in [6.07, 6.45) is 0. The van der Waals surface area contributed by atoms with Gasteiger partial charge in [0, 0.05) is 5.39 Å². The quantitative estimate of drug-likeness (QED) is 0.583. The fourth-order valence-corrected chi connectivity index (χ4v) is 2.61. The van der Waals surface area contributed by atoms with E-state index >= 15 is 0 Å². The molecular weight excluding hydrogens is 278 g/mol. The summed E-state index contributed by atoms with van der Waals surface area (Å²) in [5, 5.41) is 0.886. The topological polar surface area (TPSA) is 74.0 Å². The Bertz CT molecular complexity index is 1030. The van der Waals surface area contributed by atoms with E-state index in [9.17, 15) is 4.79 Å². The highest BCUT2D eigenvalue weighted by Crippen LogP contribution is 2.24. The molecule has 2 aromatic heterocycles. The van der Waals surface area contributed by atoms with Gasteiger partial charge in [0.05, 0.1) is 11.0 Å². The first-order chi connectivity index (χ1) is 10.6. The van der Waals surface area contributed by atoms with Crippen LogP contribution >= 0.6 is 0 Å². The van der Waals surface area contributed by atoms with Crippen molar-refractivity contribution in [2.24, 2.45) is 0 Å². The number of para-hydroxylation sites is 2. The molecule has 4 rings (SSSR count). The van der Waals surface area contributed by atoms with Gasteiger partial charge in [0.25, 0.3) is 0 Å². The summed E-state index contributed by atoms with van der Waals surface area (Å²) in [6, 6.07) is 14.9. The van der Waals surface area contributed by atoms with Gasteiger partial charge in [0.2, 0.25) is 5.95 Å². The van der Waals surface area contributed by atoms with E-state index < -0.39 is 0 Å². The first-order valence-electron chi connectivity index (χ1n) is 6.91. The summed E-state index contributed by atoms with van der Waals surface area (Å²) in [5.41, 5.74) is 9.01. The third-order valence-corrected chi connectivity index (χ3v) is 3.68. The lowest BCUT2D eigenvalue weighted by atomic mass is 10.2. The van der Waals surface area contributed by atoms with Crippen molar-refractivity contribution < 1.29 is 9.21 Å². The lowest BCUT2D eigenvalue weighted by molar-refractivity contribution is 0.0941. The molecular formula is C17H13N3O2. The van der Waals surface area contributed by atoms with Crippen molar-refractivity contribution in [2.75, 3.05) is 5.73 Å². The molecule has 4 aromatic rings. The maximum absolute atomic E-state index is 12.7. The number of fused-ring (bicyclic) bond motifs is 2. The Kier molecular flexibility index (Phi) is 2.56. The zero-order chi connectivity index (χ0) is 15.3. The van der Waals surface area contributed by atoms with Crippen LogP contribution in [0.5, 0.6) is 0 Å². The maximum atomic E-state index is 12.7. The SMILES string of the molecule is Cc1ccc2cc(C(=O)n3c(N)nc4ccccc43)oc2c1. The summed E-state index contributed by atoms with van der Waals surface area (Å²) in [4.78, 5) is 17.0. The summed E-state index contributed by atoms with van der Waals surface area (Å²) in [5.74, 6) is 0.0818. The molecule has 0 aliphatic carbocycles. The van der Waals surface area contributed by atoms with E-state index in [-0.39, 0.29) is 17.6 Å². The normalized spacial score (nSPS) is 11.3. The van der Waals surface area contributed by atoms with Gasteiger partial charge in [-0.2, -0.15) is 0 Å². The number of carbonyl (C=O) groups excluding carboxylic acids is 1. The molecule has 0 saturated carbocycles. The number of aromatic nitrogens is 2. The van der Waals surface area contributed by atoms with E-state index in [0.29, 0.717) is 16.6 Å². The smallest absolute Gasteiger partial charge is 0.300 e. The van der Waals surface area contributed by atoms with Gasteiger partial charge in [-0.15, -0.1) is 0 Å². The van der Waals surface area contributed by atoms with Gasteiger partial charge in [-0.1, -0.05) is 24.3 Å². The van der Waals surface area contributed by atoms with Crippen molar-refractivity contribution in [3.63, 3.8) is 0 Å². The molecule has 0 aliphatic rings. The first kappa shape index (κ1) is 12.6. The van der Waals surface area contributed by atoms with Gasteiger partial charge in [-0.3, -0.25) is 4.79 Å². The highest BCUT2D eigenvalue weighted by atomic mass is 16.3. The third-order valence-electron chi connectivity index (χ3n) is 3.68. The zero-order valence-corrected chi connectivity index (χ0v) is 11.9. The Balaban J connectivity index is 1.90. The van der Waals surface area contributed by atoms with E-state index in [1.54, 1.807) is 6.07 Å². The Morgan fingerprint density at radius 3 is 2.86 bits per heavy atom. The van der Waals surface area contributed by atoms with Crippen molar-refractivity contribution >= 4 is 33.9 Å². The van der Waals surface area contributed by atoms with Crippen LogP contribution in [0.15, 0.2) is 52.9 Å². The number of imidazole rings is 1. The number of rotatable bonds is 1. The second-order valence-corrected chi connectivity index (χ2v) is 5.25. The number of hydrogen-bond donors (Lipinski definition) is 1. The van der Waals surface area contributed by atoms with Crippen LogP contribution in [0, 0.1) is 6.92 Å². The van der Waals surface area contributed by atoms with Gasteiger partial charge in [0.1, 0.15) is 5.58 Å². The Labute approximate surface area is 126 Å². The van der Waals surface area contributed by atoms with Gasteiger partial charge in [-0.05, 0) is 36.8 Å². The number of nitrogens with zero attached hydrogens (tertiary/aromatic N) is 2. The summed E-state index contributed by atoms with van der Waals surface area (Å²) < 4.78 is 7.06. The second-order valence-electron chi connectivity index (χ2n) is 5.25. The lowest BCUT2D eigenvalue weighted by Crippen LogP contribution is -2.13. The zero-order valence-electron chi connectivity index (χ0n) is 11.9. The minimum absolute atomic E-state index is 0.155. The summed E-state index contributed by atoms with van der Waals surface area (Å²) in [7, 11) is 0. The third kappa shape index (κ3) is 1.79. The number of nitrogens with two attached hydrogens (primary N) is 1. The van der Waals surface area contributed by atoms with E-state index in [4.69, 9.17) is 10.2 Å². The average Bonchev–Trinajstić information content (AvgIpc) is 3.06. The van der Waals surface area contributed by atoms with Crippen LogP contribution in [-0.4, -0.2) is 15.5 Å². The molecule has 0 unspecified atom stereocenters. The molecule has 0 aliphatic heterocycles. The predicted octanol–water partition coefficient (Wildman–Crippen LogP) is 3.36. The standard InChI is InChI=1S/C17H13N3O2/c1-10-6-7-11-9-15(22-14(11)8-10)16(21)20-13-5-3-2-4-12(13)19-17(20)18/h2-9H,1H3,(H2,18,19). The maximum Gasteiger partial charge on any atom is 0.300 e. The molecule has 5 nitrogen and oxygen atoms in total. The first-order valence-corrected chi connectivity index (χ1v) is 6.91. The Hall–Kier alpha value is -3.08. The van der Waals surface area contributed by atoms with Crippen LogP contribution in [-0.2, 0) is 0 Å².